The first-order chi connectivity index (χ1) is 13.0. The van der Waals surface area contributed by atoms with Crippen LogP contribution >= 0.6 is 11.6 Å². The number of oxazole rings is 1. The van der Waals surface area contributed by atoms with Gasteiger partial charge in [-0.3, -0.25) is 14.3 Å². The molecule has 3 aromatic rings. The Morgan fingerprint density at radius 1 is 1.22 bits per heavy atom. The number of fused-ring (bicyclic) bond motifs is 1. The largest absolute Gasteiger partial charge is 0.421 e. The van der Waals surface area contributed by atoms with Crippen LogP contribution in [0.2, 0.25) is 5.02 Å². The number of rotatable bonds is 4. The highest BCUT2D eigenvalue weighted by Crippen LogP contribution is 2.23. The van der Waals surface area contributed by atoms with E-state index in [1.165, 1.54) is 6.42 Å². The summed E-state index contributed by atoms with van der Waals surface area (Å²) in [5, 5.41) is 0.403. The van der Waals surface area contributed by atoms with Gasteiger partial charge in [-0.1, -0.05) is 30.2 Å². The molecule has 140 valence electrons. The molecule has 0 amide bonds. The Hall–Kier alpha value is -2.37. The molecule has 0 bridgehead atoms. The van der Waals surface area contributed by atoms with E-state index in [4.69, 9.17) is 16.0 Å². The number of benzene rings is 2. The zero-order valence-corrected chi connectivity index (χ0v) is 15.9. The van der Waals surface area contributed by atoms with Crippen molar-refractivity contribution < 1.29 is 9.21 Å². The predicted octanol–water partition coefficient (Wildman–Crippen LogP) is 4.31. The molecule has 0 N–H and O–H groups in total. The van der Waals surface area contributed by atoms with Crippen LogP contribution in [-0.4, -0.2) is 27.8 Å². The molecule has 1 saturated heterocycles. The van der Waals surface area contributed by atoms with Crippen molar-refractivity contribution in [3.8, 4) is 0 Å². The molecule has 0 radical (unpaired) electrons. The van der Waals surface area contributed by atoms with Crippen molar-refractivity contribution in [2.45, 2.75) is 38.9 Å². The first-order valence-electron chi connectivity index (χ1n) is 9.21. The number of nitrogens with zero attached hydrogens (tertiary/aromatic N) is 2. The van der Waals surface area contributed by atoms with Gasteiger partial charge in [-0.05, 0) is 50.1 Å². The van der Waals surface area contributed by atoms with E-state index < -0.39 is 5.76 Å². The minimum atomic E-state index is -0.398. The molecule has 1 aromatic heterocycles. The number of likely N-dealkylation sites (tertiary alicyclic amines) is 1. The van der Waals surface area contributed by atoms with Crippen LogP contribution in [0, 0.1) is 0 Å². The number of piperidine rings is 1. The van der Waals surface area contributed by atoms with E-state index in [-0.39, 0.29) is 5.78 Å². The van der Waals surface area contributed by atoms with Gasteiger partial charge in [0.05, 0.1) is 17.2 Å². The summed E-state index contributed by atoms with van der Waals surface area (Å²) in [6, 6.07) is 12.5. The number of carbonyl (C=O) groups is 1. The Morgan fingerprint density at radius 3 is 2.81 bits per heavy atom. The van der Waals surface area contributed by atoms with Crippen LogP contribution in [0.4, 0.5) is 0 Å². The van der Waals surface area contributed by atoms with Gasteiger partial charge in [-0.15, -0.1) is 0 Å². The summed E-state index contributed by atoms with van der Waals surface area (Å²) in [6.45, 7) is 3.67. The second-order valence-corrected chi connectivity index (χ2v) is 7.49. The van der Waals surface area contributed by atoms with Crippen molar-refractivity contribution in [3.05, 3.63) is 69.2 Å². The predicted molar refractivity (Wildman–Crippen MR) is 105 cm³/mol. The van der Waals surface area contributed by atoms with Crippen molar-refractivity contribution in [2.24, 2.45) is 0 Å². The summed E-state index contributed by atoms with van der Waals surface area (Å²) < 4.78 is 7.07. The van der Waals surface area contributed by atoms with Gasteiger partial charge in [0, 0.05) is 23.7 Å². The normalized spacial score (nSPS) is 18.1. The highest BCUT2D eigenvalue weighted by molar-refractivity contribution is 6.35. The van der Waals surface area contributed by atoms with Crippen LogP contribution < -0.4 is 5.76 Å². The molecule has 4 rings (SSSR count). The maximum Gasteiger partial charge on any atom is 0.421 e. The summed E-state index contributed by atoms with van der Waals surface area (Å²) in [7, 11) is 0. The highest BCUT2D eigenvalue weighted by Gasteiger charge is 2.21. The minimum Gasteiger partial charge on any atom is -0.408 e. The van der Waals surface area contributed by atoms with Crippen molar-refractivity contribution >= 4 is 28.5 Å². The molecule has 0 saturated carbocycles. The molecular weight excluding hydrogens is 364 g/mol. The van der Waals surface area contributed by atoms with Crippen LogP contribution in [-0.2, 0) is 6.67 Å². The summed E-state index contributed by atoms with van der Waals surface area (Å²) in [5.74, 6) is -0.590. The zero-order chi connectivity index (χ0) is 19.0. The number of ketones is 1. The molecule has 0 spiro atoms. The Balaban J connectivity index is 1.67. The molecule has 1 aliphatic heterocycles. The SMILES string of the molecule is CC1CCCCN1Cn1c(=O)oc2cc(C(=O)c3ccccc3Cl)ccc21. The number of hydrogen-bond acceptors (Lipinski definition) is 4. The van der Waals surface area contributed by atoms with E-state index in [1.807, 2.05) is 0 Å². The summed E-state index contributed by atoms with van der Waals surface area (Å²) >= 11 is 6.13. The molecule has 2 heterocycles. The summed E-state index contributed by atoms with van der Waals surface area (Å²) in [4.78, 5) is 27.4. The topological polar surface area (TPSA) is 55.5 Å². The molecule has 1 aliphatic rings. The third-order valence-electron chi connectivity index (χ3n) is 5.31. The smallest absolute Gasteiger partial charge is 0.408 e. The monoisotopic (exact) mass is 384 g/mol. The number of aromatic nitrogens is 1. The minimum absolute atomic E-state index is 0.192. The molecule has 0 aliphatic carbocycles. The fourth-order valence-electron chi connectivity index (χ4n) is 3.69. The first-order valence-corrected chi connectivity index (χ1v) is 9.59. The van der Waals surface area contributed by atoms with Crippen molar-refractivity contribution in [3.63, 3.8) is 0 Å². The van der Waals surface area contributed by atoms with E-state index in [9.17, 15) is 9.59 Å². The van der Waals surface area contributed by atoms with E-state index in [1.54, 1.807) is 47.0 Å². The lowest BCUT2D eigenvalue weighted by Gasteiger charge is -2.33. The lowest BCUT2D eigenvalue weighted by atomic mass is 10.0. The average Bonchev–Trinajstić information content (AvgIpc) is 2.98. The summed E-state index contributed by atoms with van der Waals surface area (Å²) in [5.41, 5.74) is 2.00. The third kappa shape index (κ3) is 3.45. The fraction of sp³-hybridized carbons (Fsp3) is 0.333. The van der Waals surface area contributed by atoms with Crippen LogP contribution in [0.1, 0.15) is 42.1 Å². The Bertz CT molecular complexity index is 1050. The van der Waals surface area contributed by atoms with E-state index in [2.05, 4.69) is 11.8 Å². The molecule has 1 atom stereocenters. The highest BCUT2D eigenvalue weighted by atomic mass is 35.5. The van der Waals surface area contributed by atoms with Crippen molar-refractivity contribution in [1.29, 1.82) is 0 Å². The van der Waals surface area contributed by atoms with Gasteiger partial charge in [0.2, 0.25) is 0 Å². The number of hydrogen-bond donors (Lipinski definition) is 0. The van der Waals surface area contributed by atoms with Gasteiger partial charge in [0.15, 0.2) is 11.4 Å². The van der Waals surface area contributed by atoms with Gasteiger partial charge in [-0.25, -0.2) is 4.79 Å². The van der Waals surface area contributed by atoms with Gasteiger partial charge >= 0.3 is 5.76 Å². The van der Waals surface area contributed by atoms with Gasteiger partial charge in [-0.2, -0.15) is 0 Å². The quantitative estimate of drug-likeness (QED) is 0.629. The molecule has 6 heteroatoms. The number of carbonyl (C=O) groups excluding carboxylic acids is 1. The maximum absolute atomic E-state index is 12.7. The first kappa shape index (κ1) is 18.0. The van der Waals surface area contributed by atoms with Crippen molar-refractivity contribution in [1.82, 2.24) is 9.47 Å². The molecule has 1 fully saturated rings. The van der Waals surface area contributed by atoms with Gasteiger partial charge < -0.3 is 4.42 Å². The Kier molecular flexibility index (Phi) is 4.89. The van der Waals surface area contributed by atoms with Crippen LogP contribution in [0.5, 0.6) is 0 Å². The van der Waals surface area contributed by atoms with E-state index in [0.29, 0.717) is 40.0 Å². The lowest BCUT2D eigenvalue weighted by molar-refractivity contribution is 0.103. The second kappa shape index (κ2) is 7.33. The van der Waals surface area contributed by atoms with Crippen LogP contribution in [0.15, 0.2) is 51.7 Å². The van der Waals surface area contributed by atoms with E-state index in [0.717, 1.165) is 19.4 Å². The molecule has 1 unspecified atom stereocenters. The van der Waals surface area contributed by atoms with Crippen LogP contribution in [0.25, 0.3) is 11.1 Å². The molecule has 5 nitrogen and oxygen atoms in total. The van der Waals surface area contributed by atoms with Gasteiger partial charge in [0.25, 0.3) is 0 Å². The van der Waals surface area contributed by atoms with Crippen molar-refractivity contribution in [2.75, 3.05) is 6.54 Å². The molecule has 27 heavy (non-hydrogen) atoms. The standard InChI is InChI=1S/C21H21ClN2O3/c1-14-6-4-5-11-23(14)13-24-18-10-9-15(12-19(18)27-21(24)26)20(25)16-7-2-3-8-17(16)22/h2-3,7-10,12,14H,4-6,11,13H2,1H3. The molecule has 2 aromatic carbocycles. The number of halogens is 1. The second-order valence-electron chi connectivity index (χ2n) is 7.09. The zero-order valence-electron chi connectivity index (χ0n) is 15.2. The Labute approximate surface area is 162 Å². The Morgan fingerprint density at radius 2 is 2.04 bits per heavy atom. The summed E-state index contributed by atoms with van der Waals surface area (Å²) in [6.07, 6.45) is 3.51. The van der Waals surface area contributed by atoms with E-state index >= 15 is 0 Å². The lowest BCUT2D eigenvalue weighted by Crippen LogP contribution is -2.40. The van der Waals surface area contributed by atoms with Crippen LogP contribution in [0.3, 0.4) is 0 Å². The fourth-order valence-corrected chi connectivity index (χ4v) is 3.91. The average molecular weight is 385 g/mol. The maximum atomic E-state index is 12.7. The van der Waals surface area contributed by atoms with Gasteiger partial charge in [0.1, 0.15) is 0 Å². The molecular formula is C21H21ClN2O3. The third-order valence-corrected chi connectivity index (χ3v) is 5.64.